The zero-order chi connectivity index (χ0) is 11.7. The SMILES string of the molecule is COc1c(N)c(C(N)=O)c(O)c(O)c1O. The van der Waals surface area contributed by atoms with Crippen LogP contribution >= 0.6 is 0 Å². The molecule has 82 valence electrons. The summed E-state index contributed by atoms with van der Waals surface area (Å²) >= 11 is 0. The Labute approximate surface area is 84.5 Å². The monoisotopic (exact) mass is 214 g/mol. The Balaban J connectivity index is 3.68. The van der Waals surface area contributed by atoms with E-state index in [2.05, 4.69) is 4.74 Å². The lowest BCUT2D eigenvalue weighted by atomic mass is 10.1. The van der Waals surface area contributed by atoms with Crippen LogP contribution in [0.25, 0.3) is 0 Å². The van der Waals surface area contributed by atoms with Crippen LogP contribution in [0.5, 0.6) is 23.0 Å². The number of benzene rings is 1. The molecule has 7 nitrogen and oxygen atoms in total. The normalized spacial score (nSPS) is 9.93. The second-order valence-corrected chi connectivity index (χ2v) is 2.73. The summed E-state index contributed by atoms with van der Waals surface area (Å²) < 4.78 is 4.65. The van der Waals surface area contributed by atoms with E-state index >= 15 is 0 Å². The average Bonchev–Trinajstić information content (AvgIpc) is 2.15. The molecule has 0 spiro atoms. The molecule has 1 aromatic rings. The summed E-state index contributed by atoms with van der Waals surface area (Å²) in [5.41, 5.74) is 9.51. The maximum Gasteiger partial charge on any atom is 0.254 e. The van der Waals surface area contributed by atoms with Gasteiger partial charge in [-0.3, -0.25) is 4.79 Å². The van der Waals surface area contributed by atoms with Crippen LogP contribution < -0.4 is 16.2 Å². The number of rotatable bonds is 2. The predicted octanol–water partition coefficient (Wildman–Crippen LogP) is -0.507. The number of ether oxygens (including phenoxy) is 1. The van der Waals surface area contributed by atoms with Gasteiger partial charge in [0.05, 0.1) is 12.8 Å². The lowest BCUT2D eigenvalue weighted by Gasteiger charge is -2.13. The number of phenolic OH excluding ortho intramolecular Hbond substituents is 2. The zero-order valence-corrected chi connectivity index (χ0v) is 7.81. The molecule has 0 unspecified atom stereocenters. The van der Waals surface area contributed by atoms with Crippen LogP contribution in [0.3, 0.4) is 0 Å². The van der Waals surface area contributed by atoms with Crippen molar-refractivity contribution in [2.75, 3.05) is 12.8 Å². The summed E-state index contributed by atoms with van der Waals surface area (Å²) in [5, 5.41) is 27.8. The molecule has 0 aromatic heterocycles. The van der Waals surface area contributed by atoms with Gasteiger partial charge in [0, 0.05) is 0 Å². The van der Waals surface area contributed by atoms with Crippen molar-refractivity contribution in [1.29, 1.82) is 0 Å². The van der Waals surface area contributed by atoms with Crippen LogP contribution in [0.2, 0.25) is 0 Å². The first-order chi connectivity index (χ1) is 6.91. The lowest BCUT2D eigenvalue weighted by Crippen LogP contribution is -2.14. The minimum Gasteiger partial charge on any atom is -0.504 e. The zero-order valence-electron chi connectivity index (χ0n) is 7.81. The number of primary amides is 1. The fraction of sp³-hybridized carbons (Fsp3) is 0.125. The van der Waals surface area contributed by atoms with Crippen molar-refractivity contribution in [1.82, 2.24) is 0 Å². The summed E-state index contributed by atoms with van der Waals surface area (Å²) in [4.78, 5) is 10.9. The van der Waals surface area contributed by atoms with Crippen LogP contribution in [0, 0.1) is 0 Å². The molecule has 0 aliphatic carbocycles. The largest absolute Gasteiger partial charge is 0.504 e. The molecule has 0 bridgehead atoms. The highest BCUT2D eigenvalue weighted by Crippen LogP contribution is 2.48. The van der Waals surface area contributed by atoms with Crippen molar-refractivity contribution in [3.05, 3.63) is 5.56 Å². The maximum absolute atomic E-state index is 10.9. The van der Waals surface area contributed by atoms with E-state index in [1.807, 2.05) is 0 Å². The van der Waals surface area contributed by atoms with E-state index in [0.29, 0.717) is 0 Å². The van der Waals surface area contributed by atoms with E-state index in [4.69, 9.17) is 11.5 Å². The fourth-order valence-electron chi connectivity index (χ4n) is 1.16. The average molecular weight is 214 g/mol. The molecule has 0 heterocycles. The Morgan fingerprint density at radius 2 is 1.73 bits per heavy atom. The molecule has 0 atom stereocenters. The number of aromatic hydroxyl groups is 3. The highest BCUT2D eigenvalue weighted by Gasteiger charge is 2.25. The van der Waals surface area contributed by atoms with Gasteiger partial charge in [-0.1, -0.05) is 0 Å². The van der Waals surface area contributed by atoms with Gasteiger partial charge >= 0.3 is 0 Å². The van der Waals surface area contributed by atoms with Gasteiger partial charge in [0.25, 0.3) is 5.91 Å². The standard InChI is InChI=1S/C8H10N2O5/c1-15-7-3(9)2(8(10)14)4(11)5(12)6(7)13/h11-13H,9H2,1H3,(H2,10,14). The third-order valence-electron chi connectivity index (χ3n) is 1.86. The Morgan fingerprint density at radius 3 is 2.13 bits per heavy atom. The molecule has 0 saturated carbocycles. The number of hydrogen-bond donors (Lipinski definition) is 5. The second kappa shape index (κ2) is 3.45. The topological polar surface area (TPSA) is 139 Å². The van der Waals surface area contributed by atoms with Gasteiger partial charge in [-0.05, 0) is 0 Å². The molecule has 0 saturated heterocycles. The Hall–Kier alpha value is -2.31. The number of phenols is 3. The maximum atomic E-state index is 10.9. The molecule has 1 rings (SSSR count). The van der Waals surface area contributed by atoms with E-state index in [1.165, 1.54) is 7.11 Å². The molecule has 0 aliphatic heterocycles. The summed E-state index contributed by atoms with van der Waals surface area (Å²) in [6, 6.07) is 0. The van der Waals surface area contributed by atoms with Crippen molar-refractivity contribution >= 4 is 11.6 Å². The first kappa shape index (κ1) is 10.8. The van der Waals surface area contributed by atoms with Crippen molar-refractivity contribution in [2.45, 2.75) is 0 Å². The summed E-state index contributed by atoms with van der Waals surface area (Å²) in [6.07, 6.45) is 0. The van der Waals surface area contributed by atoms with Gasteiger partial charge in [-0.15, -0.1) is 0 Å². The van der Waals surface area contributed by atoms with Crippen molar-refractivity contribution in [3.63, 3.8) is 0 Å². The number of anilines is 1. The van der Waals surface area contributed by atoms with Crippen molar-refractivity contribution in [3.8, 4) is 23.0 Å². The summed E-state index contributed by atoms with van der Waals surface area (Å²) in [7, 11) is 1.17. The van der Waals surface area contributed by atoms with Crippen LogP contribution in [0.4, 0.5) is 5.69 Å². The van der Waals surface area contributed by atoms with Gasteiger partial charge in [-0.2, -0.15) is 0 Å². The smallest absolute Gasteiger partial charge is 0.254 e. The third-order valence-corrected chi connectivity index (χ3v) is 1.86. The van der Waals surface area contributed by atoms with E-state index in [1.54, 1.807) is 0 Å². The van der Waals surface area contributed by atoms with Crippen LogP contribution in [-0.4, -0.2) is 28.3 Å². The highest BCUT2D eigenvalue weighted by atomic mass is 16.5. The van der Waals surface area contributed by atoms with Crippen LogP contribution in [0.15, 0.2) is 0 Å². The summed E-state index contributed by atoms with van der Waals surface area (Å²) in [6.45, 7) is 0. The van der Waals surface area contributed by atoms with Gasteiger partial charge in [0.1, 0.15) is 5.56 Å². The molecular weight excluding hydrogens is 204 g/mol. The van der Waals surface area contributed by atoms with Gasteiger partial charge in [0.2, 0.25) is 11.5 Å². The molecule has 0 fully saturated rings. The minimum atomic E-state index is -1.04. The molecular formula is C8H10N2O5. The quantitative estimate of drug-likeness (QED) is 0.255. The van der Waals surface area contributed by atoms with E-state index in [0.717, 1.165) is 0 Å². The van der Waals surface area contributed by atoms with Gasteiger partial charge in [-0.25, -0.2) is 0 Å². The number of amides is 1. The van der Waals surface area contributed by atoms with Gasteiger partial charge in [0.15, 0.2) is 11.5 Å². The number of hydrogen-bond acceptors (Lipinski definition) is 6. The molecule has 7 heteroatoms. The molecule has 0 aliphatic rings. The number of nitrogens with two attached hydrogens (primary N) is 2. The third kappa shape index (κ3) is 1.43. The molecule has 15 heavy (non-hydrogen) atoms. The number of methoxy groups -OCH3 is 1. The van der Waals surface area contributed by atoms with Crippen molar-refractivity contribution in [2.24, 2.45) is 5.73 Å². The number of nitrogen functional groups attached to an aromatic ring is 1. The number of carbonyl (C=O) groups is 1. The van der Waals surface area contributed by atoms with E-state index in [-0.39, 0.29) is 11.4 Å². The molecule has 1 aromatic carbocycles. The summed E-state index contributed by atoms with van der Waals surface area (Å²) in [5.74, 6) is -3.90. The lowest BCUT2D eigenvalue weighted by molar-refractivity contribution is 0.0997. The first-order valence-corrected chi connectivity index (χ1v) is 3.81. The fourth-order valence-corrected chi connectivity index (χ4v) is 1.16. The second-order valence-electron chi connectivity index (χ2n) is 2.73. The highest BCUT2D eigenvalue weighted by molar-refractivity contribution is 6.04. The Morgan fingerprint density at radius 1 is 1.20 bits per heavy atom. The van der Waals surface area contributed by atoms with E-state index < -0.39 is 28.7 Å². The molecule has 1 amide bonds. The van der Waals surface area contributed by atoms with Gasteiger partial charge < -0.3 is 31.5 Å². The minimum absolute atomic E-state index is 0.320. The predicted molar refractivity (Wildman–Crippen MR) is 50.9 cm³/mol. The van der Waals surface area contributed by atoms with E-state index in [9.17, 15) is 20.1 Å². The Kier molecular flexibility index (Phi) is 2.47. The Bertz CT molecular complexity index is 430. The first-order valence-electron chi connectivity index (χ1n) is 3.81. The number of carbonyl (C=O) groups excluding carboxylic acids is 1. The molecule has 0 radical (unpaired) electrons. The van der Waals surface area contributed by atoms with Crippen LogP contribution in [0.1, 0.15) is 10.4 Å². The molecule has 7 N–H and O–H groups in total. The van der Waals surface area contributed by atoms with Crippen molar-refractivity contribution < 1.29 is 24.9 Å². The van der Waals surface area contributed by atoms with Crippen LogP contribution in [-0.2, 0) is 0 Å².